The van der Waals surface area contributed by atoms with E-state index in [1.807, 2.05) is 36.4 Å². The summed E-state index contributed by atoms with van der Waals surface area (Å²) in [6.45, 7) is 0. The second-order valence-corrected chi connectivity index (χ2v) is 6.07. The molecule has 2 rings (SSSR count). The third-order valence-corrected chi connectivity index (χ3v) is 4.37. The molecule has 0 saturated heterocycles. The van der Waals surface area contributed by atoms with Crippen molar-refractivity contribution in [1.82, 2.24) is 0 Å². The number of halogens is 1. The van der Waals surface area contributed by atoms with Gasteiger partial charge in [0.05, 0.1) is 7.11 Å². The minimum Gasteiger partial charge on any atom is -0.496 e. The Hall–Kier alpha value is -1.16. The van der Waals surface area contributed by atoms with Gasteiger partial charge in [-0.15, -0.1) is 11.8 Å². The van der Waals surface area contributed by atoms with Gasteiger partial charge >= 0.3 is 0 Å². The average Bonchev–Trinajstić information content (AvgIpc) is 2.46. The fourth-order valence-electron chi connectivity index (χ4n) is 1.97. The molecule has 0 aliphatic rings. The molecule has 1 unspecified atom stereocenters. The first-order valence-corrected chi connectivity index (χ1v) is 7.81. The van der Waals surface area contributed by atoms with E-state index in [1.54, 1.807) is 18.9 Å². The number of thioether (sulfide) groups is 1. The Balaban J connectivity index is 1.94. The Morgan fingerprint density at radius 2 is 1.95 bits per heavy atom. The second kappa shape index (κ2) is 7.58. The summed E-state index contributed by atoms with van der Waals surface area (Å²) < 4.78 is 5.34. The fraction of sp³-hybridized carbons (Fsp3) is 0.250. The summed E-state index contributed by atoms with van der Waals surface area (Å²) in [6.07, 6.45) is 0.754. The SMILES string of the molecule is COc1ccc(Cl)cc1CC(N)CSc1ccccc1. The maximum absolute atomic E-state index is 6.21. The molecule has 0 aliphatic heterocycles. The van der Waals surface area contributed by atoms with Gasteiger partial charge in [0.1, 0.15) is 5.75 Å². The number of nitrogens with two attached hydrogens (primary N) is 1. The molecule has 0 aliphatic carbocycles. The molecule has 0 amide bonds. The van der Waals surface area contributed by atoms with Crippen LogP contribution in [0.25, 0.3) is 0 Å². The van der Waals surface area contributed by atoms with Crippen LogP contribution >= 0.6 is 23.4 Å². The summed E-state index contributed by atoms with van der Waals surface area (Å²) >= 11 is 7.80. The molecular weight excluding hydrogens is 290 g/mol. The summed E-state index contributed by atoms with van der Waals surface area (Å²) in [5.41, 5.74) is 7.26. The van der Waals surface area contributed by atoms with Crippen LogP contribution in [0.2, 0.25) is 5.02 Å². The Morgan fingerprint density at radius 3 is 2.65 bits per heavy atom. The first kappa shape index (κ1) is 15.2. The van der Waals surface area contributed by atoms with Crippen molar-refractivity contribution < 1.29 is 4.74 Å². The molecule has 2 aromatic carbocycles. The van der Waals surface area contributed by atoms with Crippen LogP contribution in [0.4, 0.5) is 0 Å². The molecule has 2 aromatic rings. The molecule has 0 spiro atoms. The van der Waals surface area contributed by atoms with Crippen molar-refractivity contribution in [2.45, 2.75) is 17.4 Å². The van der Waals surface area contributed by atoms with E-state index in [1.165, 1.54) is 4.90 Å². The van der Waals surface area contributed by atoms with Gasteiger partial charge in [-0.2, -0.15) is 0 Å². The number of hydrogen-bond acceptors (Lipinski definition) is 3. The van der Waals surface area contributed by atoms with Crippen LogP contribution in [0.1, 0.15) is 5.56 Å². The molecule has 2 N–H and O–H groups in total. The minimum absolute atomic E-state index is 0.0626. The molecule has 106 valence electrons. The van der Waals surface area contributed by atoms with Crippen LogP contribution in [0.3, 0.4) is 0 Å². The maximum atomic E-state index is 6.21. The van der Waals surface area contributed by atoms with Gasteiger partial charge in [0.15, 0.2) is 0 Å². The number of rotatable bonds is 6. The normalized spacial score (nSPS) is 12.2. The summed E-state index contributed by atoms with van der Waals surface area (Å²) in [5.74, 6) is 1.70. The smallest absolute Gasteiger partial charge is 0.122 e. The molecule has 0 heterocycles. The van der Waals surface area contributed by atoms with Crippen molar-refractivity contribution in [3.8, 4) is 5.75 Å². The fourth-order valence-corrected chi connectivity index (χ4v) is 3.04. The lowest BCUT2D eigenvalue weighted by Crippen LogP contribution is -2.25. The first-order chi connectivity index (χ1) is 9.69. The predicted octanol–water partition coefficient (Wildman–Crippen LogP) is 4.01. The zero-order chi connectivity index (χ0) is 14.4. The van der Waals surface area contributed by atoms with Crippen molar-refractivity contribution in [1.29, 1.82) is 0 Å². The Labute approximate surface area is 129 Å². The van der Waals surface area contributed by atoms with E-state index in [2.05, 4.69) is 12.1 Å². The predicted molar refractivity (Wildman–Crippen MR) is 86.8 cm³/mol. The third-order valence-electron chi connectivity index (χ3n) is 2.93. The highest BCUT2D eigenvalue weighted by molar-refractivity contribution is 7.99. The zero-order valence-electron chi connectivity index (χ0n) is 11.4. The van der Waals surface area contributed by atoms with Crippen LogP contribution in [0, 0.1) is 0 Å². The van der Waals surface area contributed by atoms with E-state index in [4.69, 9.17) is 22.1 Å². The molecular formula is C16H18ClNOS. The van der Waals surface area contributed by atoms with Gasteiger partial charge < -0.3 is 10.5 Å². The number of benzene rings is 2. The van der Waals surface area contributed by atoms with Crippen LogP contribution < -0.4 is 10.5 Å². The molecule has 0 fully saturated rings. The second-order valence-electron chi connectivity index (χ2n) is 4.54. The summed E-state index contributed by atoms with van der Waals surface area (Å²) in [7, 11) is 1.66. The highest BCUT2D eigenvalue weighted by Crippen LogP contribution is 2.25. The molecule has 4 heteroatoms. The standard InChI is InChI=1S/C16H18ClNOS/c1-19-16-8-7-13(17)9-12(16)10-14(18)11-20-15-5-3-2-4-6-15/h2-9,14H,10-11,18H2,1H3. The lowest BCUT2D eigenvalue weighted by molar-refractivity contribution is 0.408. The van der Waals surface area contributed by atoms with Crippen LogP contribution in [0.15, 0.2) is 53.4 Å². The monoisotopic (exact) mass is 307 g/mol. The Morgan fingerprint density at radius 1 is 1.20 bits per heavy atom. The van der Waals surface area contributed by atoms with Crippen molar-refractivity contribution in [2.24, 2.45) is 5.73 Å². The van der Waals surface area contributed by atoms with Crippen molar-refractivity contribution in [2.75, 3.05) is 12.9 Å². The van der Waals surface area contributed by atoms with Gasteiger partial charge in [0.25, 0.3) is 0 Å². The Bertz CT molecular complexity index is 547. The van der Waals surface area contributed by atoms with E-state index < -0.39 is 0 Å². The lowest BCUT2D eigenvalue weighted by atomic mass is 10.1. The van der Waals surface area contributed by atoms with E-state index in [0.717, 1.165) is 23.5 Å². The maximum Gasteiger partial charge on any atom is 0.122 e. The minimum atomic E-state index is 0.0626. The molecule has 0 radical (unpaired) electrons. The highest BCUT2D eigenvalue weighted by Gasteiger charge is 2.10. The largest absolute Gasteiger partial charge is 0.496 e. The van der Waals surface area contributed by atoms with Crippen molar-refractivity contribution in [3.63, 3.8) is 0 Å². The first-order valence-electron chi connectivity index (χ1n) is 6.45. The molecule has 0 aromatic heterocycles. The molecule has 0 saturated carbocycles. The van der Waals surface area contributed by atoms with Gasteiger partial charge in [0, 0.05) is 21.7 Å². The van der Waals surface area contributed by atoms with Crippen LogP contribution in [-0.2, 0) is 6.42 Å². The topological polar surface area (TPSA) is 35.2 Å². The summed E-state index contributed by atoms with van der Waals surface area (Å²) in [5, 5.41) is 0.712. The van der Waals surface area contributed by atoms with Gasteiger partial charge in [-0.25, -0.2) is 0 Å². The van der Waals surface area contributed by atoms with E-state index >= 15 is 0 Å². The molecule has 1 atom stereocenters. The average molecular weight is 308 g/mol. The summed E-state index contributed by atoms with van der Waals surface area (Å²) in [6, 6.07) is 16.0. The van der Waals surface area contributed by atoms with Gasteiger partial charge in [-0.1, -0.05) is 29.8 Å². The lowest BCUT2D eigenvalue weighted by Gasteiger charge is -2.14. The van der Waals surface area contributed by atoms with Crippen molar-refractivity contribution >= 4 is 23.4 Å². The van der Waals surface area contributed by atoms with Gasteiger partial charge in [-0.05, 0) is 42.3 Å². The zero-order valence-corrected chi connectivity index (χ0v) is 13.0. The van der Waals surface area contributed by atoms with Gasteiger partial charge in [0.2, 0.25) is 0 Å². The quantitative estimate of drug-likeness (QED) is 0.819. The van der Waals surface area contributed by atoms with E-state index in [9.17, 15) is 0 Å². The third kappa shape index (κ3) is 4.44. The Kier molecular flexibility index (Phi) is 5.77. The molecule has 2 nitrogen and oxygen atoms in total. The van der Waals surface area contributed by atoms with E-state index in [-0.39, 0.29) is 6.04 Å². The highest BCUT2D eigenvalue weighted by atomic mass is 35.5. The van der Waals surface area contributed by atoms with Crippen LogP contribution in [0.5, 0.6) is 5.75 Å². The number of ether oxygens (including phenoxy) is 1. The van der Waals surface area contributed by atoms with E-state index in [0.29, 0.717) is 5.02 Å². The molecule has 0 bridgehead atoms. The van der Waals surface area contributed by atoms with Crippen molar-refractivity contribution in [3.05, 3.63) is 59.1 Å². The number of methoxy groups -OCH3 is 1. The van der Waals surface area contributed by atoms with Crippen LogP contribution in [-0.4, -0.2) is 18.9 Å². The number of hydrogen-bond donors (Lipinski definition) is 1. The van der Waals surface area contributed by atoms with Gasteiger partial charge in [-0.3, -0.25) is 0 Å². The molecule has 20 heavy (non-hydrogen) atoms. The summed E-state index contributed by atoms with van der Waals surface area (Å²) in [4.78, 5) is 1.24.